The van der Waals surface area contributed by atoms with E-state index in [-0.39, 0.29) is 37.1 Å². The Morgan fingerprint density at radius 1 is 1.44 bits per heavy atom. The van der Waals surface area contributed by atoms with E-state index in [1.54, 1.807) is 17.0 Å². The molecule has 0 saturated heterocycles. The molecule has 2 aliphatic heterocycles. The molecule has 6 nitrogen and oxygen atoms in total. The molecule has 0 spiro atoms. The first-order valence-electron chi connectivity index (χ1n) is 8.53. The van der Waals surface area contributed by atoms with Gasteiger partial charge in [0.05, 0.1) is 25.1 Å². The van der Waals surface area contributed by atoms with Crippen molar-refractivity contribution in [2.75, 3.05) is 0 Å². The van der Waals surface area contributed by atoms with Crippen LogP contribution in [-0.4, -0.2) is 43.6 Å². The number of carbonyl (C=O) groups excluding carboxylic acids is 1. The number of fused-ring (bicyclic) bond motifs is 2. The Balaban J connectivity index is 1.54. The van der Waals surface area contributed by atoms with Crippen molar-refractivity contribution in [3.05, 3.63) is 50.4 Å². The molecule has 2 aromatic rings. The molecule has 1 unspecified atom stereocenters. The molecule has 2 aliphatic rings. The highest BCUT2D eigenvalue weighted by molar-refractivity contribution is 14.1. The first kappa shape index (κ1) is 18.3. The molecule has 1 amide bonds. The molecule has 1 N–H and O–H groups in total. The van der Waals surface area contributed by atoms with Gasteiger partial charge in [0.1, 0.15) is 18.0 Å². The van der Waals surface area contributed by atoms with Crippen LogP contribution in [0.1, 0.15) is 33.7 Å². The van der Waals surface area contributed by atoms with Gasteiger partial charge in [-0.2, -0.15) is 0 Å². The van der Waals surface area contributed by atoms with Gasteiger partial charge in [-0.3, -0.25) is 4.79 Å². The Bertz CT molecular complexity index is 946. The van der Waals surface area contributed by atoms with E-state index in [4.69, 9.17) is 0 Å². The summed E-state index contributed by atoms with van der Waals surface area (Å²) in [6.45, 7) is 0.199. The van der Waals surface area contributed by atoms with E-state index in [0.29, 0.717) is 15.7 Å². The molecule has 9 heteroatoms. The van der Waals surface area contributed by atoms with Gasteiger partial charge in [0.25, 0.3) is 5.91 Å². The van der Waals surface area contributed by atoms with Gasteiger partial charge in [0.15, 0.2) is 0 Å². The zero-order chi connectivity index (χ0) is 19.3. The van der Waals surface area contributed by atoms with E-state index in [0.717, 1.165) is 5.69 Å². The summed E-state index contributed by atoms with van der Waals surface area (Å²) in [7, 11) is 0. The van der Waals surface area contributed by atoms with Crippen molar-refractivity contribution in [1.29, 1.82) is 0 Å². The number of imidazole rings is 1. The topological polar surface area (TPSA) is 75.4 Å². The van der Waals surface area contributed by atoms with Crippen LogP contribution in [0.25, 0.3) is 0 Å². The average molecular weight is 487 g/mol. The summed E-state index contributed by atoms with van der Waals surface area (Å²) in [5.74, 6) is -2.13. The third kappa shape index (κ3) is 3.21. The van der Waals surface area contributed by atoms with Crippen molar-refractivity contribution < 1.29 is 23.5 Å². The van der Waals surface area contributed by atoms with Gasteiger partial charge in [0.2, 0.25) is 0 Å². The molecule has 27 heavy (non-hydrogen) atoms. The van der Waals surface area contributed by atoms with Gasteiger partial charge in [0, 0.05) is 26.8 Å². The molecule has 2 atom stereocenters. The van der Waals surface area contributed by atoms with E-state index in [9.17, 15) is 23.5 Å². The van der Waals surface area contributed by atoms with Crippen LogP contribution in [-0.2, 0) is 30.7 Å². The first-order valence-corrected chi connectivity index (χ1v) is 9.61. The lowest BCUT2D eigenvalue weighted by Crippen LogP contribution is -2.41. The molecule has 0 aliphatic carbocycles. The molecule has 0 radical (unpaired) electrons. The van der Waals surface area contributed by atoms with Crippen molar-refractivity contribution >= 4 is 34.5 Å². The maximum absolute atomic E-state index is 14.2. The number of alkyl halides is 1. The smallest absolute Gasteiger partial charge is 0.326 e. The lowest BCUT2D eigenvalue weighted by atomic mass is 10.1. The van der Waals surface area contributed by atoms with Crippen molar-refractivity contribution in [3.63, 3.8) is 0 Å². The van der Waals surface area contributed by atoms with Crippen LogP contribution >= 0.6 is 22.6 Å². The highest BCUT2D eigenvalue weighted by Gasteiger charge is 2.38. The van der Waals surface area contributed by atoms with Crippen LogP contribution in [0.3, 0.4) is 0 Å². The predicted molar refractivity (Wildman–Crippen MR) is 99.6 cm³/mol. The van der Waals surface area contributed by atoms with Crippen molar-refractivity contribution in [2.45, 2.75) is 44.6 Å². The third-order valence-electron chi connectivity index (χ3n) is 5.14. The summed E-state index contributed by atoms with van der Waals surface area (Å²) >= 11 is 1.92. The second kappa shape index (κ2) is 6.84. The van der Waals surface area contributed by atoms with Gasteiger partial charge in [-0.15, -0.1) is 0 Å². The fourth-order valence-corrected chi connectivity index (χ4v) is 4.41. The second-order valence-corrected chi connectivity index (χ2v) is 8.08. The van der Waals surface area contributed by atoms with Crippen LogP contribution in [0.4, 0.5) is 8.78 Å². The number of aryl methyl sites for hydroxylation is 1. The summed E-state index contributed by atoms with van der Waals surface area (Å²) in [5, 5.41) is 9.64. The lowest BCUT2D eigenvalue weighted by Gasteiger charge is -2.24. The minimum atomic E-state index is -1.15. The van der Waals surface area contributed by atoms with E-state index >= 15 is 0 Å². The monoisotopic (exact) mass is 487 g/mol. The zero-order valence-corrected chi connectivity index (χ0v) is 16.3. The van der Waals surface area contributed by atoms with Crippen LogP contribution in [0.5, 0.6) is 0 Å². The Kier molecular flexibility index (Phi) is 4.65. The number of hydrogen-bond acceptors (Lipinski definition) is 3. The fourth-order valence-electron chi connectivity index (χ4n) is 3.83. The van der Waals surface area contributed by atoms with Crippen molar-refractivity contribution in [1.82, 2.24) is 14.5 Å². The van der Waals surface area contributed by atoms with E-state index in [1.165, 1.54) is 11.0 Å². The van der Waals surface area contributed by atoms with Crippen LogP contribution in [0, 0.1) is 9.39 Å². The van der Waals surface area contributed by atoms with E-state index < -0.39 is 29.9 Å². The van der Waals surface area contributed by atoms with Gasteiger partial charge in [-0.05, 0) is 47.6 Å². The van der Waals surface area contributed by atoms with E-state index in [2.05, 4.69) is 4.98 Å². The largest absolute Gasteiger partial charge is 0.480 e. The van der Waals surface area contributed by atoms with Crippen molar-refractivity contribution in [2.24, 2.45) is 0 Å². The maximum Gasteiger partial charge on any atom is 0.326 e. The number of nitrogens with zero attached hydrogens (tertiary/aromatic N) is 3. The molecule has 142 valence electrons. The fraction of sp³-hybridized carbons (Fsp3) is 0.389. The predicted octanol–water partition coefficient (Wildman–Crippen LogP) is 2.56. The SMILES string of the molecule is O=C(O)C(CCc1ncn2c1C[C@@H](F)C2)N1Cc2c(F)cc(I)cc2C1=O. The minimum absolute atomic E-state index is 0.0677. The molecule has 0 bridgehead atoms. The molecular formula is C18H16F2IN3O3. The summed E-state index contributed by atoms with van der Waals surface area (Å²) in [4.78, 5) is 29.9. The normalized spacial score (nSPS) is 19.3. The highest BCUT2D eigenvalue weighted by atomic mass is 127. The number of hydrogen-bond donors (Lipinski definition) is 1. The molecular weight excluding hydrogens is 471 g/mol. The zero-order valence-electron chi connectivity index (χ0n) is 14.2. The molecule has 0 fully saturated rings. The van der Waals surface area contributed by atoms with Crippen LogP contribution < -0.4 is 0 Å². The standard InChI is InChI=1S/C18H16F2IN3O3/c19-9-3-16-14(22-8-23(16)6-9)1-2-15(18(26)27)24-7-12-11(17(24)25)4-10(21)5-13(12)20/h4-5,8-9,15H,1-3,6-7H2,(H,26,27)/t9-,15?/m1/s1. The average Bonchev–Trinajstić information content (AvgIpc) is 3.23. The second-order valence-electron chi connectivity index (χ2n) is 6.83. The number of rotatable bonds is 5. The number of carboxylic acid groups (broad SMARTS) is 1. The van der Waals surface area contributed by atoms with Crippen molar-refractivity contribution in [3.8, 4) is 0 Å². The summed E-state index contributed by atoms with van der Waals surface area (Å²) in [6, 6.07) is 1.80. The summed E-state index contributed by atoms with van der Waals surface area (Å²) < 4.78 is 30.0. The lowest BCUT2D eigenvalue weighted by molar-refractivity contribution is -0.142. The molecule has 1 aromatic heterocycles. The van der Waals surface area contributed by atoms with E-state index in [1.807, 2.05) is 22.6 Å². The first-order chi connectivity index (χ1) is 12.8. The Labute approximate surface area is 167 Å². The Morgan fingerprint density at radius 3 is 2.96 bits per heavy atom. The van der Waals surface area contributed by atoms with Gasteiger partial charge >= 0.3 is 5.97 Å². The quantitative estimate of drug-likeness (QED) is 0.659. The van der Waals surface area contributed by atoms with Crippen LogP contribution in [0.2, 0.25) is 0 Å². The van der Waals surface area contributed by atoms with Gasteiger partial charge < -0.3 is 14.6 Å². The number of carbonyl (C=O) groups is 2. The molecule has 0 saturated carbocycles. The number of carboxylic acids is 1. The molecule has 4 rings (SSSR count). The number of amides is 1. The molecule has 1 aromatic carbocycles. The third-order valence-corrected chi connectivity index (χ3v) is 5.76. The van der Waals surface area contributed by atoms with Gasteiger partial charge in [-0.25, -0.2) is 18.6 Å². The van der Waals surface area contributed by atoms with Crippen LogP contribution in [0.15, 0.2) is 18.5 Å². The minimum Gasteiger partial charge on any atom is -0.480 e. The summed E-state index contributed by atoms with van der Waals surface area (Å²) in [6.07, 6.45) is 1.33. The molecule has 3 heterocycles. The Hall–Kier alpha value is -2.04. The number of benzene rings is 1. The maximum atomic E-state index is 14.2. The Morgan fingerprint density at radius 2 is 2.22 bits per heavy atom. The highest BCUT2D eigenvalue weighted by Crippen LogP contribution is 2.30. The van der Waals surface area contributed by atoms with Gasteiger partial charge in [-0.1, -0.05) is 0 Å². The number of halogens is 3. The number of aromatic nitrogens is 2. The number of aliphatic carboxylic acids is 1. The summed E-state index contributed by atoms with van der Waals surface area (Å²) in [5.41, 5.74) is 1.89.